The van der Waals surface area contributed by atoms with Crippen molar-refractivity contribution in [2.45, 2.75) is 25.8 Å². The molecule has 4 heteroatoms. The molecule has 12 heavy (non-hydrogen) atoms. The third kappa shape index (κ3) is 3.17. The molecular weight excluding hydrogens is 241 g/mol. The Morgan fingerprint density at radius 3 is 2.67 bits per heavy atom. The van der Waals surface area contributed by atoms with Gasteiger partial charge in [-0.3, -0.25) is 0 Å². The van der Waals surface area contributed by atoms with Gasteiger partial charge in [-0.2, -0.15) is 0 Å². The highest BCUT2D eigenvalue weighted by molar-refractivity contribution is 9.10. The quantitative estimate of drug-likeness (QED) is 0.901. The molecule has 0 fully saturated rings. The highest BCUT2D eigenvalue weighted by Crippen LogP contribution is 2.18. The van der Waals surface area contributed by atoms with Gasteiger partial charge in [0.05, 0.1) is 10.7 Å². The van der Waals surface area contributed by atoms with Crippen LogP contribution in [0.2, 0.25) is 0 Å². The molecule has 0 aliphatic heterocycles. The number of hydrogen-bond donors (Lipinski definition) is 1. The zero-order chi connectivity index (χ0) is 8.27. The van der Waals surface area contributed by atoms with Crippen LogP contribution in [0.15, 0.2) is 21.4 Å². The van der Waals surface area contributed by atoms with Crippen molar-refractivity contribution in [1.29, 1.82) is 0 Å². The SMILES string of the molecule is CCC(N)Cc1cocc1Br.Cl. The lowest BCUT2D eigenvalue weighted by Gasteiger charge is -2.05. The van der Waals surface area contributed by atoms with Gasteiger partial charge in [0.15, 0.2) is 0 Å². The van der Waals surface area contributed by atoms with Crippen molar-refractivity contribution in [3.8, 4) is 0 Å². The van der Waals surface area contributed by atoms with Crippen LogP contribution in [0.25, 0.3) is 0 Å². The van der Waals surface area contributed by atoms with Crippen LogP contribution in [-0.2, 0) is 6.42 Å². The molecule has 0 saturated carbocycles. The van der Waals surface area contributed by atoms with E-state index in [1.807, 2.05) is 0 Å². The Balaban J connectivity index is 0.00000121. The van der Waals surface area contributed by atoms with Crippen LogP contribution >= 0.6 is 28.3 Å². The van der Waals surface area contributed by atoms with E-state index in [9.17, 15) is 0 Å². The third-order valence-electron chi connectivity index (χ3n) is 1.70. The molecule has 1 unspecified atom stereocenters. The van der Waals surface area contributed by atoms with Gasteiger partial charge in [0.25, 0.3) is 0 Å². The average molecular weight is 255 g/mol. The summed E-state index contributed by atoms with van der Waals surface area (Å²) in [6, 6.07) is 0.240. The first kappa shape index (κ1) is 12.0. The molecule has 0 saturated heterocycles. The monoisotopic (exact) mass is 253 g/mol. The maximum Gasteiger partial charge on any atom is 0.105 e. The highest BCUT2D eigenvalue weighted by Gasteiger charge is 2.06. The van der Waals surface area contributed by atoms with Crippen LogP contribution < -0.4 is 5.73 Å². The molecule has 1 aromatic heterocycles. The number of halogens is 2. The maximum atomic E-state index is 5.77. The summed E-state index contributed by atoms with van der Waals surface area (Å²) in [6.45, 7) is 2.08. The topological polar surface area (TPSA) is 39.2 Å². The lowest BCUT2D eigenvalue weighted by molar-refractivity contribution is 0.558. The molecule has 1 aromatic rings. The predicted molar refractivity (Wildman–Crippen MR) is 55.6 cm³/mol. The van der Waals surface area contributed by atoms with Crippen LogP contribution in [0.3, 0.4) is 0 Å². The Kier molecular flexibility index (Phi) is 5.63. The molecule has 0 aromatic carbocycles. The Hall–Kier alpha value is 0.01000. The van der Waals surface area contributed by atoms with Gasteiger partial charge in [0.2, 0.25) is 0 Å². The van der Waals surface area contributed by atoms with E-state index in [-0.39, 0.29) is 18.4 Å². The minimum Gasteiger partial charge on any atom is -0.471 e. The van der Waals surface area contributed by atoms with Crippen molar-refractivity contribution in [2.24, 2.45) is 5.73 Å². The summed E-state index contributed by atoms with van der Waals surface area (Å²) in [5.74, 6) is 0. The van der Waals surface area contributed by atoms with Crippen molar-refractivity contribution in [3.63, 3.8) is 0 Å². The second kappa shape index (κ2) is 5.62. The van der Waals surface area contributed by atoms with Crippen LogP contribution in [0.4, 0.5) is 0 Å². The van der Waals surface area contributed by atoms with Gasteiger partial charge in [-0.05, 0) is 28.8 Å². The van der Waals surface area contributed by atoms with Gasteiger partial charge >= 0.3 is 0 Å². The fraction of sp³-hybridized carbons (Fsp3) is 0.500. The first-order chi connectivity index (χ1) is 5.24. The first-order valence-electron chi connectivity index (χ1n) is 3.70. The normalized spacial score (nSPS) is 12.2. The predicted octanol–water partition coefficient (Wildman–Crippen LogP) is 2.74. The Morgan fingerprint density at radius 1 is 1.58 bits per heavy atom. The standard InChI is InChI=1S/C8H12BrNO.ClH/c1-2-7(10)3-6-4-11-5-8(6)9;/h4-5,7H,2-3,10H2,1H3;1H. The van der Waals surface area contributed by atoms with E-state index in [1.165, 1.54) is 0 Å². The molecule has 1 heterocycles. The van der Waals surface area contributed by atoms with Crippen molar-refractivity contribution >= 4 is 28.3 Å². The Morgan fingerprint density at radius 2 is 2.25 bits per heavy atom. The van der Waals surface area contributed by atoms with E-state index < -0.39 is 0 Å². The van der Waals surface area contributed by atoms with E-state index in [0.717, 1.165) is 22.9 Å². The maximum absolute atomic E-state index is 5.77. The molecule has 0 aliphatic carbocycles. The molecule has 1 atom stereocenters. The van der Waals surface area contributed by atoms with Crippen molar-refractivity contribution in [3.05, 3.63) is 22.6 Å². The fourth-order valence-electron chi connectivity index (χ4n) is 0.880. The van der Waals surface area contributed by atoms with Gasteiger partial charge < -0.3 is 10.2 Å². The summed E-state index contributed by atoms with van der Waals surface area (Å²) in [5.41, 5.74) is 6.92. The van der Waals surface area contributed by atoms with Gasteiger partial charge in [-0.1, -0.05) is 6.92 Å². The van der Waals surface area contributed by atoms with Gasteiger partial charge in [-0.25, -0.2) is 0 Å². The van der Waals surface area contributed by atoms with Crippen LogP contribution in [0.1, 0.15) is 18.9 Å². The molecule has 0 bridgehead atoms. The summed E-state index contributed by atoms with van der Waals surface area (Å²) < 4.78 is 6.00. The van der Waals surface area contributed by atoms with Crippen molar-refractivity contribution < 1.29 is 4.42 Å². The second-order valence-corrected chi connectivity index (χ2v) is 3.47. The molecular formula is C8H13BrClNO. The van der Waals surface area contributed by atoms with Crippen molar-refractivity contribution in [2.75, 3.05) is 0 Å². The van der Waals surface area contributed by atoms with Gasteiger partial charge in [0.1, 0.15) is 6.26 Å². The fourth-order valence-corrected chi connectivity index (χ4v) is 1.24. The molecule has 2 nitrogen and oxygen atoms in total. The van der Waals surface area contributed by atoms with Gasteiger partial charge in [0, 0.05) is 11.6 Å². The summed E-state index contributed by atoms with van der Waals surface area (Å²) in [4.78, 5) is 0. The van der Waals surface area contributed by atoms with Crippen LogP contribution in [-0.4, -0.2) is 6.04 Å². The molecule has 0 spiro atoms. The van der Waals surface area contributed by atoms with E-state index in [2.05, 4.69) is 22.9 Å². The minimum absolute atomic E-state index is 0. The largest absolute Gasteiger partial charge is 0.471 e. The first-order valence-corrected chi connectivity index (χ1v) is 4.49. The minimum atomic E-state index is 0. The zero-order valence-corrected chi connectivity index (χ0v) is 9.32. The van der Waals surface area contributed by atoms with Gasteiger partial charge in [-0.15, -0.1) is 12.4 Å². The molecule has 2 N–H and O–H groups in total. The third-order valence-corrected chi connectivity index (χ3v) is 2.39. The smallest absolute Gasteiger partial charge is 0.105 e. The number of hydrogen-bond acceptors (Lipinski definition) is 2. The molecule has 0 aliphatic rings. The van der Waals surface area contributed by atoms with E-state index in [4.69, 9.17) is 10.2 Å². The average Bonchev–Trinajstić information content (AvgIpc) is 2.37. The molecule has 0 amide bonds. The van der Waals surface area contributed by atoms with Crippen molar-refractivity contribution in [1.82, 2.24) is 0 Å². The number of furan rings is 1. The molecule has 70 valence electrons. The van der Waals surface area contributed by atoms with E-state index >= 15 is 0 Å². The second-order valence-electron chi connectivity index (χ2n) is 2.62. The zero-order valence-electron chi connectivity index (χ0n) is 6.92. The van der Waals surface area contributed by atoms with Crippen LogP contribution in [0.5, 0.6) is 0 Å². The summed E-state index contributed by atoms with van der Waals surface area (Å²) in [7, 11) is 0. The van der Waals surface area contributed by atoms with E-state index in [0.29, 0.717) is 0 Å². The summed E-state index contributed by atoms with van der Waals surface area (Å²) in [6.07, 6.45) is 5.29. The molecule has 0 radical (unpaired) electrons. The lowest BCUT2D eigenvalue weighted by atomic mass is 10.1. The number of rotatable bonds is 3. The number of nitrogens with two attached hydrogens (primary N) is 1. The summed E-state index contributed by atoms with van der Waals surface area (Å²) in [5, 5.41) is 0. The highest BCUT2D eigenvalue weighted by atomic mass is 79.9. The summed E-state index contributed by atoms with van der Waals surface area (Å²) >= 11 is 3.37. The lowest BCUT2D eigenvalue weighted by Crippen LogP contribution is -2.21. The Bertz CT molecular complexity index is 227. The molecule has 1 rings (SSSR count). The Labute approximate surface area is 87.0 Å². The van der Waals surface area contributed by atoms with Crippen LogP contribution in [0, 0.1) is 0 Å². The van der Waals surface area contributed by atoms with E-state index in [1.54, 1.807) is 12.5 Å².